The number of esters is 4. The first-order valence-electron chi connectivity index (χ1n) is 30.6. The molecule has 3 aromatic carbocycles. The average molecular weight is 1410 g/mol. The van der Waals surface area contributed by atoms with Crippen molar-refractivity contribution in [3.8, 4) is 0 Å². The van der Waals surface area contributed by atoms with Gasteiger partial charge in [0.15, 0.2) is 17.5 Å². The molecule has 0 unspecified atom stereocenters. The van der Waals surface area contributed by atoms with E-state index in [0.717, 1.165) is 13.8 Å². The second-order valence-corrected chi connectivity index (χ2v) is 28.9. The van der Waals surface area contributed by atoms with E-state index in [4.69, 9.17) is 52.8 Å². The number of aliphatic carboxylic acids is 2. The molecule has 1 heterocycles. The molecule has 6 N–H and O–H groups in total. The summed E-state index contributed by atoms with van der Waals surface area (Å²) in [6.45, 7) is 7.33. The highest BCUT2D eigenvalue weighted by molar-refractivity contribution is 8.77. The molecule has 520 valence electrons. The molecule has 31 heteroatoms. The fraction of sp³-hybridized carbons (Fsp3) is 0.508. The van der Waals surface area contributed by atoms with Gasteiger partial charge in [-0.2, -0.15) is 0 Å². The number of nitrogens with one attached hydrogen (secondary N) is 3. The first-order valence-corrected chi connectivity index (χ1v) is 35.6. The third-order valence-corrected chi connectivity index (χ3v) is 21.7. The number of hydrogen-bond acceptors (Lipinski definition) is 26. The predicted octanol–water partition coefficient (Wildman–Crippen LogP) is 6.78. The molecule has 3 amide bonds. The summed E-state index contributed by atoms with van der Waals surface area (Å²) in [5, 5.41) is 40.1. The number of hydrogen-bond donors (Lipinski definition) is 6. The minimum Gasteiger partial charge on any atom is -0.481 e. The maximum Gasteiger partial charge on any atom is 0.509 e. The van der Waals surface area contributed by atoms with Crippen LogP contribution in [0.1, 0.15) is 112 Å². The van der Waals surface area contributed by atoms with Crippen molar-refractivity contribution in [1.29, 1.82) is 0 Å². The maximum atomic E-state index is 16.5. The van der Waals surface area contributed by atoms with E-state index in [1.807, 2.05) is 0 Å². The van der Waals surface area contributed by atoms with Crippen LogP contribution in [0.25, 0.3) is 0 Å². The Hall–Kier alpha value is -7.84. The third-order valence-electron chi connectivity index (χ3n) is 17.0. The Balaban J connectivity index is 1.27. The molecule has 2 bridgehead atoms. The second kappa shape index (κ2) is 34.4. The fourth-order valence-electron chi connectivity index (χ4n) is 12.4. The Bertz CT molecular complexity index is 3360. The molecular weight excluding hydrogens is 1330 g/mol. The summed E-state index contributed by atoms with van der Waals surface area (Å²) in [7, 11) is 5.17. The van der Waals surface area contributed by atoms with Gasteiger partial charge in [-0.05, 0) is 54.8 Å². The summed E-state index contributed by atoms with van der Waals surface area (Å²) in [6, 6.07) is 21.8. The lowest BCUT2D eigenvalue weighted by atomic mass is 9.44. The van der Waals surface area contributed by atoms with Gasteiger partial charge in [0.2, 0.25) is 17.9 Å². The number of carboxylic acid groups (broad SMARTS) is 2. The Morgan fingerprint density at radius 1 is 0.656 bits per heavy atom. The Morgan fingerprint density at radius 2 is 1.19 bits per heavy atom. The van der Waals surface area contributed by atoms with Crippen molar-refractivity contribution in [2.45, 2.75) is 134 Å². The minimum atomic E-state index is -2.65. The summed E-state index contributed by atoms with van der Waals surface area (Å²) in [5.41, 5.74) is -8.69. The van der Waals surface area contributed by atoms with E-state index in [0.29, 0.717) is 11.5 Å². The van der Waals surface area contributed by atoms with E-state index >= 15 is 9.59 Å². The van der Waals surface area contributed by atoms with Gasteiger partial charge in [-0.15, -0.1) is 0 Å². The van der Waals surface area contributed by atoms with E-state index in [2.05, 4.69) is 16.0 Å². The van der Waals surface area contributed by atoms with Gasteiger partial charge in [0, 0.05) is 86.6 Å². The number of fused-ring (bicyclic) bond motifs is 5. The number of ether oxygens (including phenoxy) is 9. The van der Waals surface area contributed by atoms with E-state index in [1.165, 1.54) is 95.1 Å². The molecule has 27 nitrogen and oxygen atoms in total. The first-order chi connectivity index (χ1) is 45.6. The van der Waals surface area contributed by atoms with Gasteiger partial charge in [-0.1, -0.05) is 124 Å². The molecule has 1 aliphatic heterocycles. The highest BCUT2D eigenvalue weighted by atomic mass is 33.1. The molecule has 7 rings (SSSR count). The lowest BCUT2D eigenvalue weighted by Gasteiger charge is -2.67. The monoisotopic (exact) mass is 1410 g/mol. The van der Waals surface area contributed by atoms with Crippen LogP contribution in [-0.2, 0) is 81.0 Å². The predicted molar refractivity (Wildman–Crippen MR) is 348 cm³/mol. The van der Waals surface area contributed by atoms with Gasteiger partial charge < -0.3 is 73.9 Å². The lowest BCUT2D eigenvalue weighted by Crippen LogP contribution is -2.82. The van der Waals surface area contributed by atoms with Gasteiger partial charge in [0.25, 0.3) is 5.91 Å². The Morgan fingerprint density at radius 3 is 1.71 bits per heavy atom. The van der Waals surface area contributed by atoms with E-state index in [1.54, 1.807) is 66.7 Å². The fourth-order valence-corrected chi connectivity index (χ4v) is 15.8. The number of carboxylic acids is 2. The van der Waals surface area contributed by atoms with Crippen LogP contribution >= 0.6 is 43.2 Å². The van der Waals surface area contributed by atoms with Crippen molar-refractivity contribution in [1.82, 2.24) is 16.0 Å². The van der Waals surface area contributed by atoms with Crippen LogP contribution in [0.4, 0.5) is 9.59 Å². The molecule has 0 radical (unpaired) electrons. The number of amides is 3. The zero-order valence-corrected chi connectivity index (χ0v) is 56.7. The number of carbonyl (C=O) groups is 12. The van der Waals surface area contributed by atoms with Crippen molar-refractivity contribution < 1.29 is 115 Å². The smallest absolute Gasteiger partial charge is 0.481 e. The largest absolute Gasteiger partial charge is 0.509 e. The van der Waals surface area contributed by atoms with Crippen LogP contribution in [0.2, 0.25) is 0 Å². The zero-order chi connectivity index (χ0) is 70.0. The number of rotatable bonds is 32. The molecule has 96 heavy (non-hydrogen) atoms. The van der Waals surface area contributed by atoms with Crippen LogP contribution in [0.15, 0.2) is 102 Å². The Kier molecular flexibility index (Phi) is 27.1. The molecule has 3 fully saturated rings. The zero-order valence-electron chi connectivity index (χ0n) is 53.4. The number of ketones is 1. The van der Waals surface area contributed by atoms with Crippen LogP contribution in [0.3, 0.4) is 0 Å². The van der Waals surface area contributed by atoms with E-state index < -0.39 is 155 Å². The molecular formula is C65H77N3O24S4. The van der Waals surface area contributed by atoms with Gasteiger partial charge in [0.1, 0.15) is 49.3 Å². The summed E-state index contributed by atoms with van der Waals surface area (Å²) < 4.78 is 54.5. The van der Waals surface area contributed by atoms with Crippen LogP contribution in [0.5, 0.6) is 0 Å². The summed E-state index contributed by atoms with van der Waals surface area (Å²) in [4.78, 5) is 162. The molecule has 0 aromatic heterocycles. The van der Waals surface area contributed by atoms with E-state index in [9.17, 15) is 53.1 Å². The summed E-state index contributed by atoms with van der Waals surface area (Å²) in [6.07, 6.45) is -15.7. The van der Waals surface area contributed by atoms with E-state index in [-0.39, 0.29) is 97.7 Å². The second-order valence-electron chi connectivity index (χ2n) is 23.5. The van der Waals surface area contributed by atoms with Gasteiger partial charge in [-0.3, -0.25) is 38.4 Å². The van der Waals surface area contributed by atoms with Crippen molar-refractivity contribution in [2.75, 3.05) is 55.9 Å². The minimum absolute atomic E-state index is 0.0104. The van der Waals surface area contributed by atoms with Crippen LogP contribution in [0, 0.1) is 16.7 Å². The molecule has 3 aliphatic carbocycles. The highest BCUT2D eigenvalue weighted by Crippen LogP contribution is 2.65. The summed E-state index contributed by atoms with van der Waals surface area (Å²) in [5.74, 6) is -9.77. The molecule has 4 aliphatic rings. The molecule has 3 aromatic rings. The van der Waals surface area contributed by atoms with Crippen molar-refractivity contribution >= 4 is 115 Å². The van der Waals surface area contributed by atoms with Crippen molar-refractivity contribution in [2.24, 2.45) is 16.7 Å². The average Bonchev–Trinajstić information content (AvgIpc) is 0.669. The Labute approximate surface area is 568 Å². The maximum absolute atomic E-state index is 16.5. The molecule has 11 atom stereocenters. The van der Waals surface area contributed by atoms with Gasteiger partial charge >= 0.3 is 48.1 Å². The number of benzene rings is 3. The van der Waals surface area contributed by atoms with Crippen LogP contribution in [-0.4, -0.2) is 191 Å². The van der Waals surface area contributed by atoms with Crippen molar-refractivity contribution in [3.05, 3.63) is 119 Å². The normalized spacial score (nSPS) is 24.3. The SMILES string of the molecule is CC(=O)O[C@H]1C(=O)[C@]2(C)[C@@H](OC(=O)OCCSSCCNC(=O)CCC(=O)O)C[C@H]3OC[C@@]3(OC(C)=O)[C@H]2[C@H](OC(=O)c2ccccc2)[C@]2(O)C[C@H](OC(=O)[C@H](OC(=O)OCCSSCCNC(=O)CCC(=O)O)[C@@H](NC(=O)c3ccccc3)c3ccccc3)C(C)=C1C2(C)C. The molecule has 0 spiro atoms. The van der Waals surface area contributed by atoms with Crippen LogP contribution < -0.4 is 16.0 Å². The topological polar surface area (TPSA) is 385 Å². The molecule has 1 saturated heterocycles. The highest BCUT2D eigenvalue weighted by Gasteiger charge is 2.79. The molecule has 2 saturated carbocycles. The number of aliphatic hydroxyl groups is 1. The first kappa shape index (κ1) is 75.5. The summed E-state index contributed by atoms with van der Waals surface area (Å²) >= 11 is 0. The van der Waals surface area contributed by atoms with Gasteiger partial charge in [-0.25, -0.2) is 19.2 Å². The van der Waals surface area contributed by atoms with Gasteiger partial charge in [0.05, 0.1) is 36.3 Å². The lowest BCUT2D eigenvalue weighted by molar-refractivity contribution is -0.346. The number of Topliss-reactive ketones (excluding diaryl/α,β-unsaturated/α-hetero) is 1. The quantitative estimate of drug-likeness (QED) is 0.0123. The third kappa shape index (κ3) is 18.6. The standard InChI is InChI=1S/C65H77N3O24S4/c1-37-43(88-59(80)53(51(40-16-10-7-11-17-40)68-57(78)41-18-12-8-13-19-41)90-61(82)85-29-33-96-94-31-27-67-47(72)23-25-49(75)76)35-65(83)56(91-58(79)42-20-14-9-15-21-42)54-63(6,55(77)52(87-38(2)69)50(37)62(65,4)5)44(34-45-64(54,36-86-45)92-39(3)70)89-60(81)84-28-32-95-93-30-26-66-46(71)22-24-48(73)74/h7-21,43-45,51-54,56,83H,22-36H2,1-6H3,(H,66,71)(H,67,72)(H,68,78)(H,73,74)(H,75,76)/t43-,44-,45+,51-,52+,53+,54-,56-,63+,64-,65+/m0/s1. The van der Waals surface area contributed by atoms with Crippen molar-refractivity contribution in [3.63, 3.8) is 0 Å². The number of carbonyl (C=O) groups excluding carboxylic acids is 10.